The van der Waals surface area contributed by atoms with E-state index in [1.807, 2.05) is 0 Å². The highest BCUT2D eigenvalue weighted by Gasteiger charge is 2.15. The van der Waals surface area contributed by atoms with E-state index in [9.17, 15) is 14.0 Å². The second-order valence-electron chi connectivity index (χ2n) is 4.34. The number of nitrogens with one attached hydrogen (secondary N) is 1. The van der Waals surface area contributed by atoms with Crippen molar-refractivity contribution >= 4 is 23.4 Å². The minimum absolute atomic E-state index is 0.0402. The van der Waals surface area contributed by atoms with E-state index in [4.69, 9.17) is 17.3 Å². The number of halogens is 2. The molecular weight excluding hydrogens is 295 g/mol. The van der Waals surface area contributed by atoms with Crippen LogP contribution in [0.25, 0.3) is 0 Å². The molecule has 0 atom stereocenters. The minimum Gasteiger partial charge on any atom is -0.366 e. The average Bonchev–Trinajstić information content (AvgIpc) is 2.45. The number of carbonyl (C=O) groups excluding carboxylic acids is 2. The molecule has 2 amide bonds. The van der Waals surface area contributed by atoms with Crippen LogP contribution in [-0.4, -0.2) is 11.8 Å². The standard InChI is InChI=1S/C15H12ClFN2O2/c16-11-5-2-6-12(17)13(11)15(21)19-8-9-3-1-4-10(7-9)14(18)20/h1-7H,8H2,(H2,18,20)(H,19,21). The quantitative estimate of drug-likeness (QED) is 0.911. The molecule has 0 fully saturated rings. The molecule has 0 bridgehead atoms. The molecule has 2 aromatic rings. The van der Waals surface area contributed by atoms with Gasteiger partial charge in [-0.1, -0.05) is 29.8 Å². The SMILES string of the molecule is NC(=O)c1cccc(CNC(=O)c2c(F)cccc2Cl)c1. The molecule has 108 valence electrons. The van der Waals surface area contributed by atoms with Crippen LogP contribution in [0.2, 0.25) is 5.02 Å². The molecule has 0 radical (unpaired) electrons. The molecular formula is C15H12ClFN2O2. The van der Waals surface area contributed by atoms with Gasteiger partial charge in [0.2, 0.25) is 5.91 Å². The predicted octanol–water partition coefficient (Wildman–Crippen LogP) is 2.51. The van der Waals surface area contributed by atoms with Crippen molar-refractivity contribution in [2.75, 3.05) is 0 Å². The van der Waals surface area contributed by atoms with Crippen molar-refractivity contribution < 1.29 is 14.0 Å². The van der Waals surface area contributed by atoms with Gasteiger partial charge >= 0.3 is 0 Å². The number of benzene rings is 2. The fourth-order valence-corrected chi connectivity index (χ4v) is 2.07. The molecule has 6 heteroatoms. The van der Waals surface area contributed by atoms with Crippen molar-refractivity contribution in [2.24, 2.45) is 5.73 Å². The van der Waals surface area contributed by atoms with Gasteiger partial charge < -0.3 is 11.1 Å². The molecule has 3 N–H and O–H groups in total. The van der Waals surface area contributed by atoms with Gasteiger partial charge in [-0.05, 0) is 29.8 Å². The van der Waals surface area contributed by atoms with E-state index < -0.39 is 17.6 Å². The molecule has 0 saturated carbocycles. The normalized spacial score (nSPS) is 10.2. The Kier molecular flexibility index (Phi) is 4.55. The van der Waals surface area contributed by atoms with Gasteiger partial charge in [0.25, 0.3) is 5.91 Å². The van der Waals surface area contributed by atoms with Crippen molar-refractivity contribution in [3.63, 3.8) is 0 Å². The highest BCUT2D eigenvalue weighted by molar-refractivity contribution is 6.33. The Morgan fingerprint density at radius 2 is 1.90 bits per heavy atom. The average molecular weight is 307 g/mol. The lowest BCUT2D eigenvalue weighted by Crippen LogP contribution is -2.24. The molecule has 4 nitrogen and oxygen atoms in total. The van der Waals surface area contributed by atoms with Crippen molar-refractivity contribution in [1.82, 2.24) is 5.32 Å². The van der Waals surface area contributed by atoms with Gasteiger partial charge in [-0.3, -0.25) is 9.59 Å². The van der Waals surface area contributed by atoms with E-state index in [2.05, 4.69) is 5.32 Å². The van der Waals surface area contributed by atoms with E-state index in [1.54, 1.807) is 24.3 Å². The third-order valence-electron chi connectivity index (χ3n) is 2.85. The summed E-state index contributed by atoms with van der Waals surface area (Å²) >= 11 is 5.81. The van der Waals surface area contributed by atoms with Gasteiger partial charge in [0, 0.05) is 12.1 Å². The van der Waals surface area contributed by atoms with Gasteiger partial charge in [0.1, 0.15) is 5.82 Å². The molecule has 0 unspecified atom stereocenters. The van der Waals surface area contributed by atoms with E-state index in [0.29, 0.717) is 11.1 Å². The largest absolute Gasteiger partial charge is 0.366 e. The maximum atomic E-state index is 13.6. The summed E-state index contributed by atoms with van der Waals surface area (Å²) in [6, 6.07) is 10.5. The molecule has 2 rings (SSSR count). The van der Waals surface area contributed by atoms with Crippen LogP contribution in [0, 0.1) is 5.82 Å². The predicted molar refractivity (Wildman–Crippen MR) is 77.5 cm³/mol. The monoisotopic (exact) mass is 306 g/mol. The first-order valence-corrected chi connectivity index (χ1v) is 6.48. The third-order valence-corrected chi connectivity index (χ3v) is 3.17. The zero-order valence-corrected chi connectivity index (χ0v) is 11.7. The highest BCUT2D eigenvalue weighted by Crippen LogP contribution is 2.18. The summed E-state index contributed by atoms with van der Waals surface area (Å²) in [7, 11) is 0. The summed E-state index contributed by atoms with van der Waals surface area (Å²) in [5, 5.41) is 2.59. The first-order chi connectivity index (χ1) is 9.99. The van der Waals surface area contributed by atoms with Crippen LogP contribution in [0.15, 0.2) is 42.5 Å². The number of hydrogen-bond acceptors (Lipinski definition) is 2. The van der Waals surface area contributed by atoms with E-state index in [-0.39, 0.29) is 17.1 Å². The second-order valence-corrected chi connectivity index (χ2v) is 4.75. The van der Waals surface area contributed by atoms with Crippen molar-refractivity contribution in [1.29, 1.82) is 0 Å². The maximum Gasteiger partial charge on any atom is 0.256 e. The van der Waals surface area contributed by atoms with Crippen molar-refractivity contribution in [3.8, 4) is 0 Å². The van der Waals surface area contributed by atoms with Crippen LogP contribution in [0.3, 0.4) is 0 Å². The fourth-order valence-electron chi connectivity index (χ4n) is 1.82. The summed E-state index contributed by atoms with van der Waals surface area (Å²) in [6.45, 7) is 0.130. The number of primary amides is 1. The molecule has 0 heterocycles. The zero-order chi connectivity index (χ0) is 15.4. The fraction of sp³-hybridized carbons (Fsp3) is 0.0667. The van der Waals surface area contributed by atoms with Crippen LogP contribution in [-0.2, 0) is 6.54 Å². The Balaban J connectivity index is 2.11. The first-order valence-electron chi connectivity index (χ1n) is 6.10. The van der Waals surface area contributed by atoms with Gasteiger partial charge in [-0.2, -0.15) is 0 Å². The molecule has 0 aliphatic carbocycles. The molecule has 0 aliphatic heterocycles. The smallest absolute Gasteiger partial charge is 0.256 e. The maximum absolute atomic E-state index is 13.6. The van der Waals surface area contributed by atoms with Crippen LogP contribution < -0.4 is 11.1 Å². The molecule has 0 aliphatic rings. The summed E-state index contributed by atoms with van der Waals surface area (Å²) in [5.41, 5.74) is 5.98. The molecule has 0 saturated heterocycles. The summed E-state index contributed by atoms with van der Waals surface area (Å²) < 4.78 is 13.6. The Hall–Kier alpha value is -2.40. The first kappa shape index (κ1) is 15.0. The van der Waals surface area contributed by atoms with E-state index in [1.165, 1.54) is 12.1 Å². The lowest BCUT2D eigenvalue weighted by Gasteiger charge is -2.08. The van der Waals surface area contributed by atoms with Crippen molar-refractivity contribution in [2.45, 2.75) is 6.54 Å². The highest BCUT2D eigenvalue weighted by atomic mass is 35.5. The minimum atomic E-state index is -0.689. The number of carbonyl (C=O) groups is 2. The van der Waals surface area contributed by atoms with E-state index >= 15 is 0 Å². The molecule has 0 spiro atoms. The van der Waals surface area contributed by atoms with Crippen LogP contribution in [0.1, 0.15) is 26.3 Å². The van der Waals surface area contributed by atoms with Crippen LogP contribution in [0.4, 0.5) is 4.39 Å². The third kappa shape index (κ3) is 3.58. The number of rotatable bonds is 4. The number of hydrogen-bond donors (Lipinski definition) is 2. The summed E-state index contributed by atoms with van der Waals surface area (Å²) in [5.74, 6) is -1.87. The van der Waals surface area contributed by atoms with Crippen molar-refractivity contribution in [3.05, 3.63) is 70.0 Å². The van der Waals surface area contributed by atoms with Crippen LogP contribution in [0.5, 0.6) is 0 Å². The van der Waals surface area contributed by atoms with Gasteiger partial charge in [0.05, 0.1) is 10.6 Å². The molecule has 21 heavy (non-hydrogen) atoms. The Bertz CT molecular complexity index is 684. The Morgan fingerprint density at radius 3 is 2.57 bits per heavy atom. The Morgan fingerprint density at radius 1 is 1.19 bits per heavy atom. The zero-order valence-electron chi connectivity index (χ0n) is 10.9. The second kappa shape index (κ2) is 6.37. The molecule has 2 aromatic carbocycles. The van der Waals surface area contributed by atoms with Gasteiger partial charge in [-0.15, -0.1) is 0 Å². The molecule has 0 aromatic heterocycles. The van der Waals surface area contributed by atoms with Gasteiger partial charge in [0.15, 0.2) is 0 Å². The van der Waals surface area contributed by atoms with E-state index in [0.717, 1.165) is 6.07 Å². The number of amides is 2. The van der Waals surface area contributed by atoms with Gasteiger partial charge in [-0.25, -0.2) is 4.39 Å². The summed E-state index contributed by atoms with van der Waals surface area (Å²) in [6.07, 6.45) is 0. The Labute approximate surface area is 125 Å². The lowest BCUT2D eigenvalue weighted by molar-refractivity contribution is 0.0946. The van der Waals surface area contributed by atoms with Crippen LogP contribution >= 0.6 is 11.6 Å². The number of nitrogens with two attached hydrogens (primary N) is 1. The lowest BCUT2D eigenvalue weighted by atomic mass is 10.1. The summed E-state index contributed by atoms with van der Waals surface area (Å²) in [4.78, 5) is 23.0. The topological polar surface area (TPSA) is 72.2 Å².